The van der Waals surface area contributed by atoms with Crippen molar-refractivity contribution in [2.75, 3.05) is 0 Å². The summed E-state index contributed by atoms with van der Waals surface area (Å²) in [5, 5.41) is 6.31. The lowest BCUT2D eigenvalue weighted by molar-refractivity contribution is 0.666. The molecule has 7 aromatic rings. The quantitative estimate of drug-likeness (QED) is 0.232. The SMILES string of the molecule is c1ccc([Si](c2ccccc2)(c2ccccc2)c2cccc(-c3ncc4oc5ccccc5c4n3)c2)cc1. The summed E-state index contributed by atoms with van der Waals surface area (Å²) < 4.78 is 5.98. The normalized spacial score (nSPS) is 11.7. The highest BCUT2D eigenvalue weighted by Gasteiger charge is 2.41. The van der Waals surface area contributed by atoms with E-state index in [0.29, 0.717) is 11.4 Å². The molecule has 5 aromatic carbocycles. The maximum atomic E-state index is 5.98. The van der Waals surface area contributed by atoms with Crippen LogP contribution in [0.25, 0.3) is 33.5 Å². The molecule has 0 aliphatic rings. The first-order chi connectivity index (χ1) is 18.8. The number of nitrogens with zero attached hydrogens (tertiary/aromatic N) is 2. The van der Waals surface area contributed by atoms with Gasteiger partial charge in [-0.1, -0.05) is 127 Å². The van der Waals surface area contributed by atoms with Gasteiger partial charge in [0.2, 0.25) is 0 Å². The van der Waals surface area contributed by atoms with Crippen LogP contribution in [0.3, 0.4) is 0 Å². The van der Waals surface area contributed by atoms with Crippen molar-refractivity contribution in [3.63, 3.8) is 0 Å². The number of hydrogen-bond acceptors (Lipinski definition) is 3. The Labute approximate surface area is 222 Å². The first kappa shape index (κ1) is 22.4. The summed E-state index contributed by atoms with van der Waals surface area (Å²) in [6, 6.07) is 49.6. The molecule has 180 valence electrons. The van der Waals surface area contributed by atoms with Crippen molar-refractivity contribution in [1.82, 2.24) is 9.97 Å². The highest BCUT2D eigenvalue weighted by atomic mass is 28.3. The number of aromatic nitrogens is 2. The van der Waals surface area contributed by atoms with Crippen molar-refractivity contribution in [2.24, 2.45) is 0 Å². The molecule has 0 atom stereocenters. The van der Waals surface area contributed by atoms with Crippen LogP contribution in [0.5, 0.6) is 0 Å². The van der Waals surface area contributed by atoms with Gasteiger partial charge < -0.3 is 4.42 Å². The fourth-order valence-electron chi connectivity index (χ4n) is 5.60. The average molecular weight is 505 g/mol. The Morgan fingerprint density at radius 2 is 1.05 bits per heavy atom. The highest BCUT2D eigenvalue weighted by molar-refractivity contribution is 7.19. The van der Waals surface area contributed by atoms with E-state index in [9.17, 15) is 0 Å². The zero-order valence-electron chi connectivity index (χ0n) is 20.7. The molecule has 0 saturated carbocycles. The minimum Gasteiger partial charge on any atom is -0.453 e. The van der Waals surface area contributed by atoms with Crippen LogP contribution in [0.4, 0.5) is 0 Å². The van der Waals surface area contributed by atoms with Gasteiger partial charge in [-0.25, -0.2) is 9.97 Å². The van der Waals surface area contributed by atoms with Gasteiger partial charge in [0.1, 0.15) is 11.1 Å². The molecule has 0 bridgehead atoms. The number of fused-ring (bicyclic) bond motifs is 3. The molecular weight excluding hydrogens is 480 g/mol. The lowest BCUT2D eigenvalue weighted by Gasteiger charge is -2.34. The smallest absolute Gasteiger partial charge is 0.179 e. The van der Waals surface area contributed by atoms with Gasteiger partial charge >= 0.3 is 0 Å². The maximum absolute atomic E-state index is 5.98. The molecule has 0 saturated heterocycles. The molecule has 0 aliphatic heterocycles. The molecule has 0 aliphatic carbocycles. The molecule has 3 nitrogen and oxygen atoms in total. The van der Waals surface area contributed by atoms with E-state index >= 15 is 0 Å². The third-order valence-corrected chi connectivity index (χ3v) is 12.1. The largest absolute Gasteiger partial charge is 0.453 e. The van der Waals surface area contributed by atoms with Crippen molar-refractivity contribution < 1.29 is 4.42 Å². The second kappa shape index (κ2) is 9.25. The van der Waals surface area contributed by atoms with E-state index in [1.165, 1.54) is 20.7 Å². The van der Waals surface area contributed by atoms with Crippen LogP contribution in [0.1, 0.15) is 0 Å². The second-order valence-electron chi connectivity index (χ2n) is 9.43. The predicted molar refractivity (Wildman–Crippen MR) is 158 cm³/mol. The molecule has 0 spiro atoms. The monoisotopic (exact) mass is 504 g/mol. The van der Waals surface area contributed by atoms with Crippen molar-refractivity contribution >= 4 is 50.9 Å². The van der Waals surface area contributed by atoms with Crippen molar-refractivity contribution in [2.45, 2.75) is 0 Å². The van der Waals surface area contributed by atoms with Gasteiger partial charge in [0, 0.05) is 10.9 Å². The lowest BCUT2D eigenvalue weighted by Crippen LogP contribution is -2.74. The number of para-hydroxylation sites is 1. The number of rotatable bonds is 5. The summed E-state index contributed by atoms with van der Waals surface area (Å²) in [4.78, 5) is 9.71. The van der Waals surface area contributed by atoms with Crippen LogP contribution >= 0.6 is 0 Å². The van der Waals surface area contributed by atoms with Gasteiger partial charge in [-0.05, 0) is 32.9 Å². The Morgan fingerprint density at radius 3 is 1.68 bits per heavy atom. The minimum atomic E-state index is -2.62. The van der Waals surface area contributed by atoms with Gasteiger partial charge in [0.15, 0.2) is 19.5 Å². The molecule has 38 heavy (non-hydrogen) atoms. The van der Waals surface area contributed by atoms with Gasteiger partial charge in [-0.15, -0.1) is 0 Å². The summed E-state index contributed by atoms with van der Waals surface area (Å²) in [5.74, 6) is 0.697. The number of benzene rings is 5. The van der Waals surface area contributed by atoms with E-state index in [-0.39, 0.29) is 0 Å². The summed E-state index contributed by atoms with van der Waals surface area (Å²) in [6.07, 6.45) is 1.79. The molecular formula is C34H24N2OSi. The Morgan fingerprint density at radius 1 is 0.500 bits per heavy atom. The molecule has 2 heterocycles. The third-order valence-electron chi connectivity index (χ3n) is 7.29. The van der Waals surface area contributed by atoms with E-state index in [1.54, 1.807) is 6.20 Å². The van der Waals surface area contributed by atoms with E-state index < -0.39 is 8.07 Å². The first-order valence-electron chi connectivity index (χ1n) is 12.8. The average Bonchev–Trinajstić information content (AvgIpc) is 3.38. The fourth-order valence-corrected chi connectivity index (χ4v) is 10.4. The molecule has 2 aromatic heterocycles. The molecule has 7 rings (SSSR count). The topological polar surface area (TPSA) is 38.9 Å². The van der Waals surface area contributed by atoms with E-state index in [2.05, 4.69) is 115 Å². The van der Waals surface area contributed by atoms with Crippen molar-refractivity contribution in [1.29, 1.82) is 0 Å². The molecule has 0 fully saturated rings. The van der Waals surface area contributed by atoms with Crippen molar-refractivity contribution in [3.8, 4) is 11.4 Å². The molecule has 0 amide bonds. The fraction of sp³-hybridized carbons (Fsp3) is 0. The molecule has 0 unspecified atom stereocenters. The predicted octanol–water partition coefficient (Wildman–Crippen LogP) is 5.42. The standard InChI is InChI=1S/C34H24N2OSi/c1-4-14-26(15-5-1)38(27-16-6-2-7-17-27,28-18-8-3-9-19-28)29-20-12-13-25(23-29)34-35-24-32-33(36-34)30-21-10-11-22-31(30)37-32/h1-24H. The summed E-state index contributed by atoms with van der Waals surface area (Å²) in [7, 11) is -2.62. The third kappa shape index (κ3) is 3.58. The zero-order chi connectivity index (χ0) is 25.4. The Balaban J connectivity index is 1.49. The summed E-state index contributed by atoms with van der Waals surface area (Å²) in [5.41, 5.74) is 3.36. The molecule has 0 N–H and O–H groups in total. The van der Waals surface area contributed by atoms with Gasteiger partial charge in [-0.3, -0.25) is 0 Å². The van der Waals surface area contributed by atoms with E-state index in [4.69, 9.17) is 14.4 Å². The van der Waals surface area contributed by atoms with E-state index in [1.807, 2.05) is 24.3 Å². The Kier molecular flexibility index (Phi) is 5.45. The van der Waals surface area contributed by atoms with Crippen LogP contribution in [0, 0.1) is 0 Å². The second-order valence-corrected chi connectivity index (χ2v) is 13.2. The Bertz CT molecular complexity index is 1770. The van der Waals surface area contributed by atoms with Gasteiger partial charge in [-0.2, -0.15) is 0 Å². The van der Waals surface area contributed by atoms with Crippen LogP contribution in [0.15, 0.2) is 150 Å². The minimum absolute atomic E-state index is 0.697. The number of hydrogen-bond donors (Lipinski definition) is 0. The van der Waals surface area contributed by atoms with Gasteiger partial charge in [0.05, 0.1) is 6.20 Å². The summed E-state index contributed by atoms with van der Waals surface area (Å²) >= 11 is 0. The number of furan rings is 1. The lowest BCUT2D eigenvalue weighted by atomic mass is 10.2. The zero-order valence-corrected chi connectivity index (χ0v) is 21.7. The summed E-state index contributed by atoms with van der Waals surface area (Å²) in [6.45, 7) is 0. The molecule has 4 heteroatoms. The van der Waals surface area contributed by atoms with Crippen LogP contribution in [0.2, 0.25) is 0 Å². The van der Waals surface area contributed by atoms with Gasteiger partial charge in [0.25, 0.3) is 0 Å². The van der Waals surface area contributed by atoms with Crippen LogP contribution in [-0.2, 0) is 0 Å². The maximum Gasteiger partial charge on any atom is 0.179 e. The van der Waals surface area contributed by atoms with Crippen LogP contribution < -0.4 is 20.7 Å². The first-order valence-corrected chi connectivity index (χ1v) is 14.8. The highest BCUT2D eigenvalue weighted by Crippen LogP contribution is 2.28. The van der Waals surface area contributed by atoms with E-state index in [0.717, 1.165) is 22.0 Å². The Hall–Kier alpha value is -4.80. The van der Waals surface area contributed by atoms with Crippen molar-refractivity contribution in [3.05, 3.63) is 146 Å². The molecule has 0 radical (unpaired) electrons. The van der Waals surface area contributed by atoms with Crippen LogP contribution in [-0.4, -0.2) is 18.0 Å².